The Morgan fingerprint density at radius 2 is 2.14 bits per heavy atom. The minimum absolute atomic E-state index is 0.116. The molecular formula is C21H35N5O2. The third-order valence-corrected chi connectivity index (χ3v) is 4.49. The molecule has 1 saturated heterocycles. The Morgan fingerprint density at radius 1 is 1.29 bits per heavy atom. The van der Waals surface area contributed by atoms with Crippen LogP contribution in [0.2, 0.25) is 0 Å². The first-order valence-corrected chi connectivity index (χ1v) is 10.5. The molecule has 7 nitrogen and oxygen atoms in total. The lowest BCUT2D eigenvalue weighted by Crippen LogP contribution is -2.39. The van der Waals surface area contributed by atoms with Crippen LogP contribution in [0.5, 0.6) is 5.88 Å². The zero-order valence-corrected chi connectivity index (χ0v) is 17.5. The first-order chi connectivity index (χ1) is 13.6. The van der Waals surface area contributed by atoms with E-state index < -0.39 is 0 Å². The third-order valence-electron chi connectivity index (χ3n) is 4.49. The molecule has 2 heterocycles. The molecule has 2 N–H and O–H groups in total. The van der Waals surface area contributed by atoms with Crippen LogP contribution in [0.4, 0.5) is 0 Å². The number of carbonyl (C=O) groups is 1. The monoisotopic (exact) mass is 389 g/mol. The summed E-state index contributed by atoms with van der Waals surface area (Å²) in [5, 5.41) is 6.62. The van der Waals surface area contributed by atoms with Crippen molar-refractivity contribution in [3.63, 3.8) is 0 Å². The van der Waals surface area contributed by atoms with Gasteiger partial charge in [-0.3, -0.25) is 4.79 Å². The van der Waals surface area contributed by atoms with Crippen molar-refractivity contribution in [2.75, 3.05) is 26.2 Å². The van der Waals surface area contributed by atoms with E-state index in [1.165, 1.54) is 0 Å². The number of rotatable bonds is 9. The number of hydrogen-bond donors (Lipinski definition) is 2. The van der Waals surface area contributed by atoms with Crippen LogP contribution in [-0.4, -0.2) is 54.0 Å². The average molecular weight is 390 g/mol. The van der Waals surface area contributed by atoms with Gasteiger partial charge in [-0.15, -0.1) is 0 Å². The zero-order valence-electron chi connectivity index (χ0n) is 17.5. The molecule has 0 bridgehead atoms. The maximum Gasteiger partial charge on any atom is 0.222 e. The third kappa shape index (κ3) is 8.15. The van der Waals surface area contributed by atoms with E-state index in [4.69, 9.17) is 4.74 Å². The molecule has 28 heavy (non-hydrogen) atoms. The summed E-state index contributed by atoms with van der Waals surface area (Å²) in [5.74, 6) is 1.72. The standard InChI is InChI=1S/C21H35N5O2/c1-4-22-21(23-12-8-14-26-13-7-5-6-9-20(26)27)25-16-18-10-11-19(24-15-18)28-17(2)3/h10-11,15,17H,4-9,12-14,16H2,1-3H3,(H2,22,23,25). The van der Waals surface area contributed by atoms with E-state index in [1.54, 1.807) is 6.20 Å². The largest absolute Gasteiger partial charge is 0.475 e. The number of likely N-dealkylation sites (tertiary alicyclic amines) is 1. The van der Waals surface area contributed by atoms with Gasteiger partial charge in [-0.2, -0.15) is 0 Å². The highest BCUT2D eigenvalue weighted by Gasteiger charge is 2.15. The number of guanidine groups is 1. The topological polar surface area (TPSA) is 78.9 Å². The lowest BCUT2D eigenvalue weighted by Gasteiger charge is -2.20. The number of aromatic nitrogens is 1. The number of hydrogen-bond acceptors (Lipinski definition) is 4. The van der Waals surface area contributed by atoms with Crippen molar-refractivity contribution >= 4 is 11.9 Å². The number of carbonyl (C=O) groups excluding carboxylic acids is 1. The maximum absolute atomic E-state index is 12.0. The number of nitrogens with one attached hydrogen (secondary N) is 2. The minimum atomic E-state index is 0.116. The van der Waals surface area contributed by atoms with E-state index in [2.05, 4.69) is 20.6 Å². The molecule has 0 unspecified atom stereocenters. The van der Waals surface area contributed by atoms with Gasteiger partial charge in [0.05, 0.1) is 12.6 Å². The number of ether oxygens (including phenoxy) is 1. The Bertz CT molecular complexity index is 616. The number of amides is 1. The first-order valence-electron chi connectivity index (χ1n) is 10.5. The molecule has 1 aromatic rings. The fourth-order valence-electron chi connectivity index (χ4n) is 3.08. The van der Waals surface area contributed by atoms with Crippen LogP contribution in [0, 0.1) is 0 Å². The highest BCUT2D eigenvalue weighted by molar-refractivity contribution is 5.79. The van der Waals surface area contributed by atoms with E-state index in [-0.39, 0.29) is 6.10 Å². The minimum Gasteiger partial charge on any atom is -0.475 e. The van der Waals surface area contributed by atoms with E-state index in [0.29, 0.717) is 24.8 Å². The van der Waals surface area contributed by atoms with E-state index in [9.17, 15) is 4.79 Å². The predicted molar refractivity (Wildman–Crippen MR) is 112 cm³/mol. The number of aliphatic imine (C=N–C) groups is 1. The van der Waals surface area contributed by atoms with Crippen LogP contribution in [0.1, 0.15) is 58.4 Å². The average Bonchev–Trinajstić information content (AvgIpc) is 2.88. The van der Waals surface area contributed by atoms with Gasteiger partial charge in [0.1, 0.15) is 0 Å². The van der Waals surface area contributed by atoms with Crippen molar-refractivity contribution in [1.29, 1.82) is 0 Å². The molecule has 1 aromatic heterocycles. The molecule has 1 aliphatic heterocycles. The normalized spacial score (nSPS) is 15.5. The van der Waals surface area contributed by atoms with Crippen LogP contribution in [0.25, 0.3) is 0 Å². The highest BCUT2D eigenvalue weighted by atomic mass is 16.5. The van der Waals surface area contributed by atoms with Crippen LogP contribution in [-0.2, 0) is 11.3 Å². The van der Waals surface area contributed by atoms with E-state index in [0.717, 1.165) is 63.4 Å². The Kier molecular flexibility index (Phi) is 9.59. The molecular weight excluding hydrogens is 354 g/mol. The molecule has 0 spiro atoms. The number of pyridine rings is 1. The van der Waals surface area contributed by atoms with Crippen molar-refractivity contribution in [2.24, 2.45) is 4.99 Å². The van der Waals surface area contributed by atoms with Gasteiger partial charge in [-0.1, -0.05) is 12.5 Å². The van der Waals surface area contributed by atoms with Gasteiger partial charge >= 0.3 is 0 Å². The van der Waals surface area contributed by atoms with E-state index >= 15 is 0 Å². The van der Waals surface area contributed by atoms with Crippen LogP contribution in [0.3, 0.4) is 0 Å². The predicted octanol–water partition coefficient (Wildman–Crippen LogP) is 2.72. The van der Waals surface area contributed by atoms with Gasteiger partial charge in [0.15, 0.2) is 5.96 Å². The Hall–Kier alpha value is -2.31. The summed E-state index contributed by atoms with van der Waals surface area (Å²) in [6.45, 7) is 9.86. The second-order valence-electron chi connectivity index (χ2n) is 7.34. The first kappa shape index (κ1) is 22.0. The second kappa shape index (κ2) is 12.2. The molecule has 1 aliphatic rings. The molecule has 1 amide bonds. The molecule has 0 atom stereocenters. The van der Waals surface area contributed by atoms with Gasteiger partial charge in [-0.25, -0.2) is 9.98 Å². The van der Waals surface area contributed by atoms with Crippen molar-refractivity contribution < 1.29 is 9.53 Å². The lowest BCUT2D eigenvalue weighted by molar-refractivity contribution is -0.130. The van der Waals surface area contributed by atoms with Crippen LogP contribution < -0.4 is 15.4 Å². The maximum atomic E-state index is 12.0. The van der Waals surface area contributed by atoms with E-state index in [1.807, 2.05) is 37.8 Å². The van der Waals surface area contributed by atoms with Crippen LogP contribution in [0.15, 0.2) is 23.3 Å². The van der Waals surface area contributed by atoms with Gasteiger partial charge in [0.25, 0.3) is 0 Å². The fourth-order valence-corrected chi connectivity index (χ4v) is 3.08. The summed E-state index contributed by atoms with van der Waals surface area (Å²) in [6.07, 6.45) is 6.85. The van der Waals surface area contributed by atoms with Gasteiger partial charge in [0, 0.05) is 44.9 Å². The quantitative estimate of drug-likeness (QED) is 0.386. The van der Waals surface area contributed by atoms with Gasteiger partial charge < -0.3 is 20.3 Å². The Balaban J connectivity index is 1.77. The lowest BCUT2D eigenvalue weighted by atomic mass is 10.2. The Labute approximate surface area is 169 Å². The summed E-state index contributed by atoms with van der Waals surface area (Å²) in [7, 11) is 0. The molecule has 2 rings (SSSR count). The Morgan fingerprint density at radius 3 is 2.86 bits per heavy atom. The molecule has 0 aliphatic carbocycles. The van der Waals surface area contributed by atoms with Gasteiger partial charge in [0.2, 0.25) is 11.8 Å². The fraction of sp³-hybridized carbons (Fsp3) is 0.667. The summed E-state index contributed by atoms with van der Waals surface area (Å²) in [5.41, 5.74) is 1.03. The smallest absolute Gasteiger partial charge is 0.222 e. The summed E-state index contributed by atoms with van der Waals surface area (Å²) in [4.78, 5) is 23.0. The second-order valence-corrected chi connectivity index (χ2v) is 7.34. The number of nitrogens with zero attached hydrogens (tertiary/aromatic N) is 3. The zero-order chi connectivity index (χ0) is 20.2. The SMILES string of the molecule is CCNC(=NCc1ccc(OC(C)C)nc1)NCCCN1CCCCCC1=O. The summed E-state index contributed by atoms with van der Waals surface area (Å²) in [6, 6.07) is 3.87. The van der Waals surface area contributed by atoms with Crippen molar-refractivity contribution in [2.45, 2.75) is 65.5 Å². The highest BCUT2D eigenvalue weighted by Crippen LogP contribution is 2.11. The summed E-state index contributed by atoms with van der Waals surface area (Å²) >= 11 is 0. The van der Waals surface area contributed by atoms with Crippen LogP contribution >= 0.6 is 0 Å². The molecule has 0 saturated carbocycles. The van der Waals surface area contributed by atoms with Crippen molar-refractivity contribution in [3.05, 3.63) is 23.9 Å². The molecule has 1 fully saturated rings. The van der Waals surface area contributed by atoms with Gasteiger partial charge in [-0.05, 0) is 45.6 Å². The van der Waals surface area contributed by atoms with Crippen molar-refractivity contribution in [1.82, 2.24) is 20.5 Å². The molecule has 0 radical (unpaired) electrons. The molecule has 0 aromatic carbocycles. The molecule has 156 valence electrons. The summed E-state index contributed by atoms with van der Waals surface area (Å²) < 4.78 is 5.56. The van der Waals surface area contributed by atoms with Crippen molar-refractivity contribution in [3.8, 4) is 5.88 Å². The molecule has 7 heteroatoms.